The molecule has 0 radical (unpaired) electrons. The Kier molecular flexibility index (Phi) is 5.05. The number of aliphatic hydroxyl groups excluding tert-OH is 1. The van der Waals surface area contributed by atoms with Crippen LogP contribution in [0.3, 0.4) is 0 Å². The second-order valence-electron chi connectivity index (χ2n) is 4.22. The van der Waals surface area contributed by atoms with Gasteiger partial charge >= 0.3 is 0 Å². The Morgan fingerprint density at radius 3 is 2.23 bits per heavy atom. The fourth-order valence-corrected chi connectivity index (χ4v) is 1.40. The van der Waals surface area contributed by atoms with Crippen molar-refractivity contribution in [1.29, 1.82) is 0 Å². The van der Waals surface area contributed by atoms with Crippen molar-refractivity contribution in [3.63, 3.8) is 0 Å². The van der Waals surface area contributed by atoms with Crippen LogP contribution >= 0.6 is 0 Å². The highest BCUT2D eigenvalue weighted by atomic mass is 16.5. The Hall–Kier alpha value is -0.520. The van der Waals surface area contributed by atoms with Gasteiger partial charge in [-0.05, 0) is 12.3 Å². The fourth-order valence-electron chi connectivity index (χ4n) is 1.40. The van der Waals surface area contributed by atoms with Crippen molar-refractivity contribution in [1.82, 2.24) is 0 Å². The molecule has 0 fully saturated rings. The smallest absolute Gasteiger partial charge is 0.0915 e. The average molecular weight is 184 g/mol. The summed E-state index contributed by atoms with van der Waals surface area (Å²) in [7, 11) is 1.62. The lowest BCUT2D eigenvalue weighted by Gasteiger charge is -2.32. The lowest BCUT2D eigenvalue weighted by atomic mass is 9.85. The van der Waals surface area contributed by atoms with Gasteiger partial charge in [0.1, 0.15) is 0 Å². The van der Waals surface area contributed by atoms with E-state index in [2.05, 4.69) is 11.8 Å². The zero-order chi connectivity index (χ0) is 10.5. The second kappa shape index (κ2) is 5.26. The molecule has 0 saturated heterocycles. The lowest BCUT2D eigenvalue weighted by Crippen LogP contribution is -2.39. The number of hydrogen-bond acceptors (Lipinski definition) is 2. The lowest BCUT2D eigenvalue weighted by molar-refractivity contribution is -0.0681. The van der Waals surface area contributed by atoms with Gasteiger partial charge in [0.05, 0.1) is 12.2 Å². The molecule has 0 spiro atoms. The quantitative estimate of drug-likeness (QED) is 0.678. The SMILES string of the molecule is CC#CCC(O)C(OC)C(C)(C)C. The highest BCUT2D eigenvalue weighted by Gasteiger charge is 2.30. The number of hydrogen-bond donors (Lipinski definition) is 1. The van der Waals surface area contributed by atoms with Crippen LogP contribution in [-0.4, -0.2) is 24.4 Å². The van der Waals surface area contributed by atoms with E-state index in [0.29, 0.717) is 6.42 Å². The number of methoxy groups -OCH3 is 1. The van der Waals surface area contributed by atoms with E-state index in [4.69, 9.17) is 4.74 Å². The van der Waals surface area contributed by atoms with E-state index in [0.717, 1.165) is 0 Å². The minimum atomic E-state index is -0.502. The molecule has 13 heavy (non-hydrogen) atoms. The van der Waals surface area contributed by atoms with E-state index in [-0.39, 0.29) is 11.5 Å². The third-order valence-corrected chi connectivity index (χ3v) is 1.94. The largest absolute Gasteiger partial charge is 0.389 e. The molecule has 0 aromatic carbocycles. The summed E-state index contributed by atoms with van der Waals surface area (Å²) >= 11 is 0. The summed E-state index contributed by atoms with van der Waals surface area (Å²) in [5, 5.41) is 9.75. The molecule has 0 aliphatic heterocycles. The van der Waals surface area contributed by atoms with Crippen LogP contribution in [0.2, 0.25) is 0 Å². The molecule has 2 nitrogen and oxygen atoms in total. The zero-order valence-corrected chi connectivity index (χ0v) is 9.22. The van der Waals surface area contributed by atoms with Gasteiger partial charge in [-0.3, -0.25) is 0 Å². The Morgan fingerprint density at radius 2 is 1.92 bits per heavy atom. The summed E-state index contributed by atoms with van der Waals surface area (Å²) in [4.78, 5) is 0. The van der Waals surface area contributed by atoms with Crippen molar-refractivity contribution in [2.75, 3.05) is 7.11 Å². The highest BCUT2D eigenvalue weighted by Crippen LogP contribution is 2.25. The molecule has 0 bridgehead atoms. The van der Waals surface area contributed by atoms with Crippen LogP contribution in [0.15, 0.2) is 0 Å². The van der Waals surface area contributed by atoms with Gasteiger partial charge in [0.2, 0.25) is 0 Å². The first-order chi connectivity index (χ1) is 5.93. The molecular formula is C11H20O2. The fraction of sp³-hybridized carbons (Fsp3) is 0.818. The first-order valence-corrected chi connectivity index (χ1v) is 4.54. The van der Waals surface area contributed by atoms with E-state index in [1.807, 2.05) is 20.8 Å². The molecule has 0 rings (SSSR count). The molecular weight excluding hydrogens is 164 g/mol. The Morgan fingerprint density at radius 1 is 1.38 bits per heavy atom. The van der Waals surface area contributed by atoms with Gasteiger partial charge in [0.15, 0.2) is 0 Å². The Labute approximate surface area is 81.3 Å². The van der Waals surface area contributed by atoms with Crippen LogP contribution in [-0.2, 0) is 4.74 Å². The second-order valence-corrected chi connectivity index (χ2v) is 4.22. The molecule has 0 saturated carbocycles. The van der Waals surface area contributed by atoms with E-state index in [1.54, 1.807) is 14.0 Å². The summed E-state index contributed by atoms with van der Waals surface area (Å²) in [6.45, 7) is 7.91. The molecule has 2 atom stereocenters. The van der Waals surface area contributed by atoms with Gasteiger partial charge in [-0.25, -0.2) is 0 Å². The van der Waals surface area contributed by atoms with Gasteiger partial charge in [-0.2, -0.15) is 0 Å². The van der Waals surface area contributed by atoms with E-state index in [9.17, 15) is 5.11 Å². The van der Waals surface area contributed by atoms with Crippen molar-refractivity contribution in [3.8, 4) is 11.8 Å². The number of rotatable bonds is 3. The first-order valence-electron chi connectivity index (χ1n) is 4.54. The van der Waals surface area contributed by atoms with Gasteiger partial charge < -0.3 is 9.84 Å². The predicted octanol–water partition coefficient (Wildman–Crippen LogP) is 1.82. The highest BCUT2D eigenvalue weighted by molar-refractivity contribution is 4.99. The molecule has 0 aromatic heterocycles. The van der Waals surface area contributed by atoms with Gasteiger partial charge in [0.25, 0.3) is 0 Å². The van der Waals surface area contributed by atoms with Crippen molar-refractivity contribution >= 4 is 0 Å². The predicted molar refractivity (Wildman–Crippen MR) is 54.3 cm³/mol. The minimum absolute atomic E-state index is 0.0520. The van der Waals surface area contributed by atoms with Crippen molar-refractivity contribution in [2.24, 2.45) is 5.41 Å². The topological polar surface area (TPSA) is 29.5 Å². The van der Waals surface area contributed by atoms with Gasteiger partial charge in [0, 0.05) is 13.5 Å². The molecule has 0 aromatic rings. The summed E-state index contributed by atoms with van der Waals surface area (Å²) in [6.07, 6.45) is -0.183. The molecule has 0 amide bonds. The molecule has 1 N–H and O–H groups in total. The Balaban J connectivity index is 4.29. The monoisotopic (exact) mass is 184 g/mol. The maximum Gasteiger partial charge on any atom is 0.0915 e. The van der Waals surface area contributed by atoms with Crippen LogP contribution in [0.1, 0.15) is 34.1 Å². The average Bonchev–Trinajstić information content (AvgIpc) is 1.99. The van der Waals surface area contributed by atoms with Gasteiger partial charge in [-0.15, -0.1) is 11.8 Å². The number of aliphatic hydroxyl groups is 1. The normalized spacial score (nSPS) is 15.8. The van der Waals surface area contributed by atoms with Crippen molar-refractivity contribution < 1.29 is 9.84 Å². The maximum absolute atomic E-state index is 9.75. The van der Waals surface area contributed by atoms with E-state index in [1.165, 1.54) is 0 Å². The van der Waals surface area contributed by atoms with Gasteiger partial charge in [-0.1, -0.05) is 20.8 Å². The first kappa shape index (κ1) is 12.5. The van der Waals surface area contributed by atoms with E-state index < -0.39 is 6.10 Å². The van der Waals surface area contributed by atoms with Crippen LogP contribution in [0.25, 0.3) is 0 Å². The molecule has 2 heteroatoms. The molecule has 76 valence electrons. The summed E-state index contributed by atoms with van der Waals surface area (Å²) in [6, 6.07) is 0. The van der Waals surface area contributed by atoms with Crippen LogP contribution < -0.4 is 0 Å². The number of ether oxygens (including phenoxy) is 1. The third-order valence-electron chi connectivity index (χ3n) is 1.94. The Bertz CT molecular complexity index is 192. The maximum atomic E-state index is 9.75. The minimum Gasteiger partial charge on any atom is -0.389 e. The molecule has 0 aliphatic carbocycles. The summed E-state index contributed by atoms with van der Waals surface area (Å²) in [5.41, 5.74) is -0.0520. The summed E-state index contributed by atoms with van der Waals surface area (Å²) < 4.78 is 5.26. The summed E-state index contributed by atoms with van der Waals surface area (Å²) in [5.74, 6) is 5.62. The van der Waals surface area contributed by atoms with E-state index >= 15 is 0 Å². The van der Waals surface area contributed by atoms with Crippen LogP contribution in [0.5, 0.6) is 0 Å². The zero-order valence-electron chi connectivity index (χ0n) is 9.22. The molecule has 0 aliphatic rings. The van der Waals surface area contributed by atoms with Crippen molar-refractivity contribution in [2.45, 2.75) is 46.3 Å². The molecule has 0 heterocycles. The van der Waals surface area contributed by atoms with Crippen LogP contribution in [0, 0.1) is 17.3 Å². The third kappa shape index (κ3) is 4.31. The van der Waals surface area contributed by atoms with Crippen LogP contribution in [0.4, 0.5) is 0 Å². The van der Waals surface area contributed by atoms with Crippen molar-refractivity contribution in [3.05, 3.63) is 0 Å². The molecule has 2 unspecified atom stereocenters. The standard InChI is InChI=1S/C11H20O2/c1-6-7-8-9(12)10(13-5)11(2,3)4/h9-10,12H,8H2,1-5H3.